The third-order valence-corrected chi connectivity index (χ3v) is 5.00. The molecule has 0 atom stereocenters. The number of para-hydroxylation sites is 1. The van der Waals surface area contributed by atoms with Gasteiger partial charge in [0, 0.05) is 6.54 Å². The summed E-state index contributed by atoms with van der Waals surface area (Å²) in [6.45, 7) is 1.15. The van der Waals surface area contributed by atoms with E-state index in [1.807, 2.05) is 60.7 Å². The Hall–Kier alpha value is -1.92. The molecule has 0 unspecified atom stereocenters. The van der Waals surface area contributed by atoms with Crippen molar-refractivity contribution in [3.8, 4) is 11.5 Å². The molecule has 0 saturated heterocycles. The minimum absolute atomic E-state index is 0.504. The predicted molar refractivity (Wildman–Crippen MR) is 115 cm³/mol. The van der Waals surface area contributed by atoms with E-state index in [-0.39, 0.29) is 0 Å². The molecule has 5 heteroatoms. The third kappa shape index (κ3) is 4.83. The lowest BCUT2D eigenvalue weighted by molar-refractivity contribution is 0.282. The maximum absolute atomic E-state index is 6.20. The van der Waals surface area contributed by atoms with Crippen LogP contribution in [0, 0.1) is 3.57 Å². The average molecular weight is 480 g/mol. The Balaban J connectivity index is 1.73. The normalized spacial score (nSPS) is 10.4. The van der Waals surface area contributed by atoms with E-state index in [1.54, 1.807) is 7.11 Å². The summed E-state index contributed by atoms with van der Waals surface area (Å²) in [7, 11) is 1.66. The van der Waals surface area contributed by atoms with Crippen molar-refractivity contribution in [2.24, 2.45) is 0 Å². The van der Waals surface area contributed by atoms with Gasteiger partial charge in [-0.3, -0.25) is 0 Å². The van der Waals surface area contributed by atoms with Crippen LogP contribution in [-0.4, -0.2) is 7.11 Å². The van der Waals surface area contributed by atoms with Gasteiger partial charge in [0.15, 0.2) is 11.5 Å². The van der Waals surface area contributed by atoms with Gasteiger partial charge in [-0.1, -0.05) is 54.1 Å². The van der Waals surface area contributed by atoms with Gasteiger partial charge in [-0.25, -0.2) is 0 Å². The van der Waals surface area contributed by atoms with Crippen molar-refractivity contribution >= 4 is 39.9 Å². The second-order valence-electron chi connectivity index (χ2n) is 5.72. The Kier molecular flexibility index (Phi) is 6.63. The van der Waals surface area contributed by atoms with Crippen LogP contribution in [0.3, 0.4) is 0 Å². The number of hydrogen-bond acceptors (Lipinski definition) is 3. The molecule has 0 fully saturated rings. The van der Waals surface area contributed by atoms with Gasteiger partial charge in [0.2, 0.25) is 0 Å². The van der Waals surface area contributed by atoms with Crippen LogP contribution >= 0.6 is 34.2 Å². The summed E-state index contributed by atoms with van der Waals surface area (Å²) in [4.78, 5) is 0. The van der Waals surface area contributed by atoms with E-state index in [1.165, 1.54) is 0 Å². The van der Waals surface area contributed by atoms with Gasteiger partial charge in [-0.15, -0.1) is 0 Å². The van der Waals surface area contributed by atoms with Gasteiger partial charge < -0.3 is 14.8 Å². The summed E-state index contributed by atoms with van der Waals surface area (Å²) in [6, 6.07) is 21.9. The number of anilines is 1. The molecule has 1 N–H and O–H groups in total. The molecule has 0 radical (unpaired) electrons. The summed E-state index contributed by atoms with van der Waals surface area (Å²) in [5, 5.41) is 4.06. The van der Waals surface area contributed by atoms with Gasteiger partial charge in [-0.05, 0) is 58.0 Å². The molecule has 0 spiro atoms. The highest BCUT2D eigenvalue weighted by Gasteiger charge is 2.12. The van der Waals surface area contributed by atoms with E-state index in [4.69, 9.17) is 21.1 Å². The van der Waals surface area contributed by atoms with Crippen LogP contribution in [0.4, 0.5) is 5.69 Å². The average Bonchev–Trinajstić information content (AvgIpc) is 2.67. The monoisotopic (exact) mass is 479 g/mol. The summed E-state index contributed by atoms with van der Waals surface area (Å²) >= 11 is 8.48. The molecular formula is C21H19ClINO2. The molecule has 0 aliphatic carbocycles. The number of rotatable bonds is 7. The molecule has 0 bridgehead atoms. The minimum atomic E-state index is 0.504. The smallest absolute Gasteiger partial charge is 0.174 e. The number of ether oxygens (including phenoxy) is 2. The Morgan fingerprint density at radius 2 is 1.69 bits per heavy atom. The molecule has 0 heterocycles. The summed E-state index contributed by atoms with van der Waals surface area (Å²) < 4.78 is 12.6. The van der Waals surface area contributed by atoms with Crippen LogP contribution in [0.2, 0.25) is 5.02 Å². The van der Waals surface area contributed by atoms with Crippen molar-refractivity contribution in [3.05, 3.63) is 86.4 Å². The maximum atomic E-state index is 6.20. The SMILES string of the molecule is COc1cc(CNc2ccccc2Cl)cc(I)c1OCc1ccccc1. The van der Waals surface area contributed by atoms with E-state index in [2.05, 4.69) is 34.0 Å². The molecule has 3 nitrogen and oxygen atoms in total. The predicted octanol–water partition coefficient (Wildman–Crippen LogP) is 6.14. The van der Waals surface area contributed by atoms with Crippen molar-refractivity contribution in [2.75, 3.05) is 12.4 Å². The highest BCUT2D eigenvalue weighted by Crippen LogP contribution is 2.35. The Morgan fingerprint density at radius 1 is 0.962 bits per heavy atom. The molecular weight excluding hydrogens is 461 g/mol. The highest BCUT2D eigenvalue weighted by molar-refractivity contribution is 14.1. The first kappa shape index (κ1) is 18.9. The van der Waals surface area contributed by atoms with Crippen molar-refractivity contribution in [1.82, 2.24) is 0 Å². The fraction of sp³-hybridized carbons (Fsp3) is 0.143. The first-order chi connectivity index (χ1) is 12.7. The number of nitrogens with one attached hydrogen (secondary N) is 1. The van der Waals surface area contributed by atoms with Gasteiger partial charge in [0.1, 0.15) is 6.61 Å². The second kappa shape index (κ2) is 9.14. The number of halogens is 2. The van der Waals surface area contributed by atoms with Crippen molar-refractivity contribution in [2.45, 2.75) is 13.2 Å². The summed E-state index contributed by atoms with van der Waals surface area (Å²) in [5.41, 5.74) is 3.13. The quantitative estimate of drug-likeness (QED) is 0.413. The van der Waals surface area contributed by atoms with E-state index in [9.17, 15) is 0 Å². The first-order valence-corrected chi connectivity index (χ1v) is 9.64. The largest absolute Gasteiger partial charge is 0.493 e. The van der Waals surface area contributed by atoms with Gasteiger partial charge in [0.05, 0.1) is 21.4 Å². The fourth-order valence-electron chi connectivity index (χ4n) is 2.55. The lowest BCUT2D eigenvalue weighted by Crippen LogP contribution is -2.04. The minimum Gasteiger partial charge on any atom is -0.493 e. The van der Waals surface area contributed by atoms with Gasteiger partial charge in [-0.2, -0.15) is 0 Å². The van der Waals surface area contributed by atoms with Crippen molar-refractivity contribution in [1.29, 1.82) is 0 Å². The topological polar surface area (TPSA) is 30.5 Å². The van der Waals surface area contributed by atoms with Crippen LogP contribution in [0.1, 0.15) is 11.1 Å². The van der Waals surface area contributed by atoms with E-state index < -0.39 is 0 Å². The fourth-order valence-corrected chi connectivity index (χ4v) is 3.57. The summed E-state index contributed by atoms with van der Waals surface area (Å²) in [5.74, 6) is 1.49. The Bertz CT molecular complexity index is 871. The van der Waals surface area contributed by atoms with Crippen molar-refractivity contribution in [3.63, 3.8) is 0 Å². The van der Waals surface area contributed by atoms with Crippen LogP contribution < -0.4 is 14.8 Å². The molecule has 0 aliphatic rings. The summed E-state index contributed by atoms with van der Waals surface area (Å²) in [6.07, 6.45) is 0. The number of benzene rings is 3. The van der Waals surface area contributed by atoms with Gasteiger partial charge in [0.25, 0.3) is 0 Å². The molecule has 0 amide bonds. The van der Waals surface area contributed by atoms with Crippen molar-refractivity contribution < 1.29 is 9.47 Å². The van der Waals surface area contributed by atoms with Crippen LogP contribution in [0.15, 0.2) is 66.7 Å². The Morgan fingerprint density at radius 3 is 2.42 bits per heavy atom. The van der Waals surface area contributed by atoms with Gasteiger partial charge >= 0.3 is 0 Å². The lowest BCUT2D eigenvalue weighted by Gasteiger charge is -2.15. The van der Waals surface area contributed by atoms with E-state index >= 15 is 0 Å². The standard InChI is InChI=1S/C21H19ClINO2/c1-25-20-12-16(13-24-19-10-6-5-9-17(19)22)11-18(23)21(20)26-14-15-7-3-2-4-8-15/h2-12,24H,13-14H2,1H3. The maximum Gasteiger partial charge on any atom is 0.174 e. The van der Waals surface area contributed by atoms with Crippen LogP contribution in [0.25, 0.3) is 0 Å². The second-order valence-corrected chi connectivity index (χ2v) is 7.29. The molecule has 0 aliphatic heterocycles. The molecule has 26 heavy (non-hydrogen) atoms. The number of hydrogen-bond donors (Lipinski definition) is 1. The molecule has 3 aromatic carbocycles. The van der Waals surface area contributed by atoms with E-state index in [0.717, 1.165) is 31.9 Å². The molecule has 134 valence electrons. The highest BCUT2D eigenvalue weighted by atomic mass is 127. The number of methoxy groups -OCH3 is 1. The Labute approximate surface area is 172 Å². The first-order valence-electron chi connectivity index (χ1n) is 8.19. The molecule has 3 aromatic rings. The lowest BCUT2D eigenvalue weighted by atomic mass is 10.2. The zero-order valence-corrected chi connectivity index (χ0v) is 17.3. The molecule has 0 aromatic heterocycles. The zero-order valence-electron chi connectivity index (χ0n) is 14.3. The van der Waals surface area contributed by atoms with Crippen LogP contribution in [0.5, 0.6) is 11.5 Å². The van der Waals surface area contributed by atoms with Crippen LogP contribution in [-0.2, 0) is 13.2 Å². The molecule has 3 rings (SSSR count). The zero-order chi connectivity index (χ0) is 18.4. The third-order valence-electron chi connectivity index (χ3n) is 3.87. The molecule has 0 saturated carbocycles. The van der Waals surface area contributed by atoms with E-state index in [0.29, 0.717) is 18.2 Å².